The van der Waals surface area contributed by atoms with Gasteiger partial charge in [-0.25, -0.2) is 5.43 Å². The van der Waals surface area contributed by atoms with E-state index in [1.165, 1.54) is 18.0 Å². The van der Waals surface area contributed by atoms with E-state index in [0.717, 1.165) is 17.0 Å². The first kappa shape index (κ1) is 23.3. The number of thioether (sulfide) groups is 1. The Balaban J connectivity index is 1.48. The number of aromatic nitrogens is 3. The number of nitrogens with one attached hydrogen (secondary N) is 1. The maximum atomic E-state index is 12.3. The van der Waals surface area contributed by atoms with Crippen LogP contribution in [0.1, 0.15) is 5.76 Å². The largest absolute Gasteiger partial charge is 0.497 e. The van der Waals surface area contributed by atoms with Crippen LogP contribution >= 0.6 is 23.4 Å². The average Bonchev–Trinajstić information content (AvgIpc) is 3.53. The molecule has 0 aliphatic heterocycles. The van der Waals surface area contributed by atoms with Crippen LogP contribution < -0.4 is 10.2 Å². The molecular formula is C24H20ClN5O3S. The summed E-state index contributed by atoms with van der Waals surface area (Å²) in [6.45, 7) is 0. The van der Waals surface area contributed by atoms with E-state index in [2.05, 4.69) is 20.7 Å². The number of amides is 1. The lowest BCUT2D eigenvalue weighted by Crippen LogP contribution is -2.19. The van der Waals surface area contributed by atoms with E-state index in [0.29, 0.717) is 21.8 Å². The molecule has 0 radical (unpaired) electrons. The first-order chi connectivity index (χ1) is 16.6. The minimum Gasteiger partial charge on any atom is -0.497 e. The first-order valence-electron chi connectivity index (χ1n) is 10.1. The number of benzene rings is 2. The summed E-state index contributed by atoms with van der Waals surface area (Å²) in [5.74, 6) is 1.90. The highest BCUT2D eigenvalue weighted by atomic mass is 35.5. The minimum absolute atomic E-state index is 0.105. The maximum absolute atomic E-state index is 12.3. The number of halogens is 1. The number of allylic oxidation sites excluding steroid dienone is 1. The van der Waals surface area contributed by atoms with Crippen LogP contribution in [0, 0.1) is 0 Å². The molecule has 8 nitrogen and oxygen atoms in total. The lowest BCUT2D eigenvalue weighted by molar-refractivity contribution is -0.118. The Bertz CT molecular complexity index is 1280. The van der Waals surface area contributed by atoms with E-state index in [1.54, 1.807) is 43.7 Å². The third kappa shape index (κ3) is 5.94. The second kappa shape index (κ2) is 11.4. The number of hydrogen-bond acceptors (Lipinski definition) is 7. The van der Waals surface area contributed by atoms with E-state index in [9.17, 15) is 4.79 Å². The molecule has 0 bridgehead atoms. The van der Waals surface area contributed by atoms with Gasteiger partial charge in [0.15, 0.2) is 11.0 Å². The summed E-state index contributed by atoms with van der Waals surface area (Å²) in [5.41, 5.74) is 4.17. The smallest absolute Gasteiger partial charge is 0.250 e. The van der Waals surface area contributed by atoms with Gasteiger partial charge < -0.3 is 9.15 Å². The molecule has 0 aliphatic carbocycles. The molecule has 1 amide bonds. The fourth-order valence-corrected chi connectivity index (χ4v) is 3.82. The van der Waals surface area contributed by atoms with Crippen LogP contribution in [-0.2, 0) is 4.79 Å². The fraction of sp³-hybridized carbons (Fsp3) is 0.0833. The Morgan fingerprint density at radius 2 is 1.97 bits per heavy atom. The van der Waals surface area contributed by atoms with Crippen LogP contribution in [0.5, 0.6) is 5.75 Å². The molecule has 2 heterocycles. The third-order valence-electron chi connectivity index (χ3n) is 4.55. The highest BCUT2D eigenvalue weighted by Crippen LogP contribution is 2.29. The molecule has 0 spiro atoms. The lowest BCUT2D eigenvalue weighted by Gasteiger charge is -2.11. The fourth-order valence-electron chi connectivity index (χ4n) is 2.95. The topological polar surface area (TPSA) is 94.5 Å². The van der Waals surface area contributed by atoms with Crippen LogP contribution in [0.4, 0.5) is 0 Å². The van der Waals surface area contributed by atoms with Crippen molar-refractivity contribution in [1.29, 1.82) is 0 Å². The van der Waals surface area contributed by atoms with Crippen molar-refractivity contribution in [3.05, 3.63) is 83.8 Å². The van der Waals surface area contributed by atoms with Crippen LogP contribution in [0.25, 0.3) is 23.2 Å². The molecule has 0 saturated carbocycles. The number of hydrogen-bond donors (Lipinski definition) is 1. The molecule has 34 heavy (non-hydrogen) atoms. The molecule has 0 unspecified atom stereocenters. The quantitative estimate of drug-likeness (QED) is 0.198. The SMILES string of the molecule is COc1ccc(-c2nnc(SCC(=O)N/N=C/C=C/c3ccco3)n2-c2ccc(Cl)cc2)cc1. The second-order valence-electron chi connectivity index (χ2n) is 6.82. The zero-order valence-corrected chi connectivity index (χ0v) is 19.7. The Kier molecular flexibility index (Phi) is 7.79. The molecule has 0 fully saturated rings. The van der Waals surface area contributed by atoms with E-state index in [4.69, 9.17) is 20.8 Å². The molecule has 0 atom stereocenters. The van der Waals surface area contributed by atoms with E-state index in [-0.39, 0.29) is 11.7 Å². The summed E-state index contributed by atoms with van der Waals surface area (Å²) in [6, 6.07) is 18.5. The minimum atomic E-state index is -0.274. The van der Waals surface area contributed by atoms with Crippen LogP contribution in [-0.4, -0.2) is 39.7 Å². The highest BCUT2D eigenvalue weighted by molar-refractivity contribution is 7.99. The summed E-state index contributed by atoms with van der Waals surface area (Å²) in [7, 11) is 1.62. The zero-order valence-electron chi connectivity index (χ0n) is 18.1. The van der Waals surface area contributed by atoms with Gasteiger partial charge in [0.2, 0.25) is 0 Å². The molecule has 4 rings (SSSR count). The molecular weight excluding hydrogens is 474 g/mol. The number of hydrazone groups is 1. The van der Waals surface area contributed by atoms with Gasteiger partial charge in [0, 0.05) is 22.5 Å². The van der Waals surface area contributed by atoms with Gasteiger partial charge in [0.25, 0.3) is 5.91 Å². The summed E-state index contributed by atoms with van der Waals surface area (Å²) in [4.78, 5) is 12.3. The summed E-state index contributed by atoms with van der Waals surface area (Å²) < 4.78 is 12.3. The van der Waals surface area contributed by atoms with Crippen molar-refractivity contribution in [2.24, 2.45) is 5.10 Å². The molecule has 2 aromatic heterocycles. The number of methoxy groups -OCH3 is 1. The molecule has 0 aliphatic rings. The highest BCUT2D eigenvalue weighted by Gasteiger charge is 2.17. The van der Waals surface area contributed by atoms with Gasteiger partial charge in [-0.2, -0.15) is 5.10 Å². The van der Waals surface area contributed by atoms with Crippen LogP contribution in [0.15, 0.2) is 87.7 Å². The van der Waals surface area contributed by atoms with Crippen molar-refractivity contribution in [1.82, 2.24) is 20.2 Å². The van der Waals surface area contributed by atoms with Gasteiger partial charge in [0.05, 0.1) is 19.1 Å². The molecule has 4 aromatic rings. The Morgan fingerprint density at radius 1 is 1.18 bits per heavy atom. The van der Waals surface area contributed by atoms with Crippen LogP contribution in [0.3, 0.4) is 0 Å². The van der Waals surface area contributed by atoms with Gasteiger partial charge in [-0.1, -0.05) is 23.4 Å². The van der Waals surface area contributed by atoms with E-state index in [1.807, 2.05) is 47.0 Å². The summed E-state index contributed by atoms with van der Waals surface area (Å²) in [6.07, 6.45) is 6.46. The lowest BCUT2D eigenvalue weighted by atomic mass is 10.2. The molecule has 1 N–H and O–H groups in total. The molecule has 10 heteroatoms. The van der Waals surface area contributed by atoms with Gasteiger partial charge in [-0.3, -0.25) is 9.36 Å². The van der Waals surface area contributed by atoms with Crippen molar-refractivity contribution in [2.75, 3.05) is 12.9 Å². The number of carbonyl (C=O) groups is 1. The Hall–Kier alpha value is -3.82. The van der Waals surface area contributed by atoms with Gasteiger partial charge in [-0.05, 0) is 72.8 Å². The number of rotatable bonds is 9. The monoisotopic (exact) mass is 493 g/mol. The maximum Gasteiger partial charge on any atom is 0.250 e. The average molecular weight is 494 g/mol. The molecule has 0 saturated heterocycles. The number of nitrogens with zero attached hydrogens (tertiary/aromatic N) is 4. The predicted octanol–water partition coefficient (Wildman–Crippen LogP) is 5.10. The number of furan rings is 1. The zero-order chi connectivity index (χ0) is 23.8. The molecule has 2 aromatic carbocycles. The van der Waals surface area contributed by atoms with Gasteiger partial charge in [-0.15, -0.1) is 10.2 Å². The standard InChI is InChI=1S/C24H20ClN5O3S/c1-32-20-12-6-17(7-13-20)23-28-29-24(30(23)19-10-8-18(25)9-11-19)34-16-22(31)27-26-14-2-4-21-5-3-15-33-21/h2-15H,16H2,1H3,(H,27,31)/b4-2+,26-14+. The van der Waals surface area contributed by atoms with E-state index >= 15 is 0 Å². The first-order valence-corrected chi connectivity index (χ1v) is 11.5. The van der Waals surface area contributed by atoms with Crippen molar-refractivity contribution >= 4 is 41.6 Å². The number of ether oxygens (including phenoxy) is 1. The normalized spacial score (nSPS) is 11.4. The molecule has 172 valence electrons. The van der Waals surface area contributed by atoms with E-state index < -0.39 is 0 Å². The Morgan fingerprint density at radius 3 is 2.68 bits per heavy atom. The number of carbonyl (C=O) groups excluding carboxylic acids is 1. The van der Waals surface area contributed by atoms with Crippen molar-refractivity contribution < 1.29 is 13.9 Å². The van der Waals surface area contributed by atoms with Crippen molar-refractivity contribution in [2.45, 2.75) is 5.16 Å². The van der Waals surface area contributed by atoms with Crippen molar-refractivity contribution in [3.8, 4) is 22.8 Å². The van der Waals surface area contributed by atoms with Crippen molar-refractivity contribution in [3.63, 3.8) is 0 Å². The summed E-state index contributed by atoms with van der Waals surface area (Å²) in [5, 5.41) is 13.8. The summed E-state index contributed by atoms with van der Waals surface area (Å²) >= 11 is 7.32. The predicted molar refractivity (Wildman–Crippen MR) is 133 cm³/mol. The third-order valence-corrected chi connectivity index (χ3v) is 5.73. The Labute approximate surface area is 205 Å². The second-order valence-corrected chi connectivity index (χ2v) is 8.20. The van der Waals surface area contributed by atoms with Gasteiger partial charge >= 0.3 is 0 Å². The van der Waals surface area contributed by atoms with Gasteiger partial charge in [0.1, 0.15) is 11.5 Å². The van der Waals surface area contributed by atoms with Crippen LogP contribution in [0.2, 0.25) is 5.02 Å².